The Hall–Kier alpha value is -1.54. The van der Waals surface area contributed by atoms with Crippen molar-refractivity contribution in [3.8, 4) is 0 Å². The van der Waals surface area contributed by atoms with Crippen LogP contribution in [0.4, 0.5) is 0 Å². The molecule has 106 valence electrons. The highest BCUT2D eigenvalue weighted by atomic mass is 16.4. The third-order valence-electron chi connectivity index (χ3n) is 4.16. The third-order valence-corrected chi connectivity index (χ3v) is 4.16. The number of rotatable bonds is 4. The smallest absolute Gasteiger partial charge is 0.133 e. The fourth-order valence-electron chi connectivity index (χ4n) is 2.98. The van der Waals surface area contributed by atoms with Crippen LogP contribution in [-0.2, 0) is 6.42 Å². The maximum atomic E-state index is 10.3. The molecule has 1 fully saturated rings. The lowest BCUT2D eigenvalue weighted by atomic mass is 10.0. The number of hydrogen-bond acceptors (Lipinski definition) is 2. The molecule has 2 aromatic rings. The molecule has 0 bridgehead atoms. The van der Waals surface area contributed by atoms with Gasteiger partial charge in [0.05, 0.1) is 0 Å². The van der Waals surface area contributed by atoms with Crippen LogP contribution in [0, 0.1) is 19.8 Å². The highest BCUT2D eigenvalue weighted by molar-refractivity contribution is 5.29. The molecular formula is C18H22O2. The SMILES string of the molecule is Cc1cc(C)cc(CC(O)c2ccc(C3CC3C)o2)c1. The van der Waals surface area contributed by atoms with E-state index in [-0.39, 0.29) is 0 Å². The summed E-state index contributed by atoms with van der Waals surface area (Å²) in [6.45, 7) is 6.41. The van der Waals surface area contributed by atoms with Gasteiger partial charge in [-0.3, -0.25) is 0 Å². The molecule has 1 N–H and O–H groups in total. The van der Waals surface area contributed by atoms with Gasteiger partial charge in [-0.15, -0.1) is 0 Å². The molecule has 0 saturated heterocycles. The molecule has 20 heavy (non-hydrogen) atoms. The normalized spacial score (nSPS) is 22.8. The van der Waals surface area contributed by atoms with Crippen LogP contribution in [0.3, 0.4) is 0 Å². The Morgan fingerprint density at radius 1 is 1.20 bits per heavy atom. The van der Waals surface area contributed by atoms with Gasteiger partial charge in [-0.2, -0.15) is 0 Å². The molecule has 1 heterocycles. The third kappa shape index (κ3) is 2.80. The molecule has 0 amide bonds. The molecule has 0 aliphatic heterocycles. The fourth-order valence-corrected chi connectivity index (χ4v) is 2.98. The summed E-state index contributed by atoms with van der Waals surface area (Å²) in [5.41, 5.74) is 3.63. The van der Waals surface area contributed by atoms with Crippen LogP contribution in [0.2, 0.25) is 0 Å². The van der Waals surface area contributed by atoms with E-state index in [0.29, 0.717) is 18.1 Å². The van der Waals surface area contributed by atoms with Crippen LogP contribution in [0.1, 0.15) is 53.6 Å². The summed E-state index contributed by atoms with van der Waals surface area (Å²) in [5.74, 6) is 3.02. The van der Waals surface area contributed by atoms with E-state index in [4.69, 9.17) is 4.42 Å². The highest BCUT2D eigenvalue weighted by Crippen LogP contribution is 2.47. The predicted molar refractivity (Wildman–Crippen MR) is 79.8 cm³/mol. The minimum Gasteiger partial charge on any atom is -0.463 e. The molecular weight excluding hydrogens is 248 g/mol. The first kappa shape index (κ1) is 13.4. The van der Waals surface area contributed by atoms with Gasteiger partial charge in [-0.05, 0) is 43.9 Å². The number of benzene rings is 1. The zero-order valence-corrected chi connectivity index (χ0v) is 12.4. The van der Waals surface area contributed by atoms with Crippen LogP contribution in [0.5, 0.6) is 0 Å². The Labute approximate surface area is 120 Å². The van der Waals surface area contributed by atoms with Crippen molar-refractivity contribution in [1.29, 1.82) is 0 Å². The second kappa shape index (κ2) is 5.10. The Kier molecular flexibility index (Phi) is 3.43. The van der Waals surface area contributed by atoms with Crippen LogP contribution in [0.25, 0.3) is 0 Å². The predicted octanol–water partition coefficient (Wildman–Crippen LogP) is 4.30. The Morgan fingerprint density at radius 2 is 1.85 bits per heavy atom. The number of aryl methyl sites for hydroxylation is 2. The summed E-state index contributed by atoms with van der Waals surface area (Å²) in [7, 11) is 0. The van der Waals surface area contributed by atoms with Gasteiger partial charge in [-0.1, -0.05) is 36.2 Å². The summed E-state index contributed by atoms with van der Waals surface area (Å²) in [6, 6.07) is 10.4. The van der Waals surface area contributed by atoms with E-state index in [1.165, 1.54) is 17.5 Å². The van der Waals surface area contributed by atoms with Gasteiger partial charge in [-0.25, -0.2) is 0 Å². The minimum absolute atomic E-state index is 0.556. The number of furan rings is 1. The van der Waals surface area contributed by atoms with Crippen molar-refractivity contribution in [3.63, 3.8) is 0 Å². The second-order valence-corrected chi connectivity index (χ2v) is 6.28. The summed E-state index contributed by atoms with van der Waals surface area (Å²) < 4.78 is 5.82. The molecule has 3 rings (SSSR count). The summed E-state index contributed by atoms with van der Waals surface area (Å²) in [5, 5.41) is 10.3. The summed E-state index contributed by atoms with van der Waals surface area (Å²) >= 11 is 0. The minimum atomic E-state index is -0.556. The first-order valence-corrected chi connectivity index (χ1v) is 7.38. The molecule has 3 atom stereocenters. The average Bonchev–Trinajstić information content (AvgIpc) is 2.90. The van der Waals surface area contributed by atoms with E-state index < -0.39 is 6.10 Å². The zero-order valence-electron chi connectivity index (χ0n) is 12.4. The fraction of sp³-hybridized carbons (Fsp3) is 0.444. The standard InChI is InChI=1S/C18H22O2/c1-11-6-12(2)8-14(7-11)10-16(19)18-5-4-17(20-18)15-9-13(15)3/h4-8,13,15-16,19H,9-10H2,1-3H3. The lowest BCUT2D eigenvalue weighted by molar-refractivity contribution is 0.148. The zero-order chi connectivity index (χ0) is 14.3. The van der Waals surface area contributed by atoms with Crippen LogP contribution in [0.15, 0.2) is 34.7 Å². The highest BCUT2D eigenvalue weighted by Gasteiger charge is 2.36. The molecule has 1 aromatic heterocycles. The van der Waals surface area contributed by atoms with Gasteiger partial charge in [0, 0.05) is 12.3 Å². The molecule has 1 aromatic carbocycles. The Bertz CT molecular complexity index is 591. The Morgan fingerprint density at radius 3 is 2.45 bits per heavy atom. The van der Waals surface area contributed by atoms with Gasteiger partial charge in [0.15, 0.2) is 0 Å². The van der Waals surface area contributed by atoms with Crippen molar-refractivity contribution in [2.75, 3.05) is 0 Å². The van der Waals surface area contributed by atoms with Gasteiger partial charge in [0.2, 0.25) is 0 Å². The molecule has 0 radical (unpaired) electrons. The van der Waals surface area contributed by atoms with Crippen molar-refractivity contribution in [3.05, 3.63) is 58.5 Å². The average molecular weight is 270 g/mol. The quantitative estimate of drug-likeness (QED) is 0.898. The number of aliphatic hydroxyl groups excluding tert-OH is 1. The van der Waals surface area contributed by atoms with E-state index in [1.807, 2.05) is 12.1 Å². The maximum absolute atomic E-state index is 10.3. The van der Waals surface area contributed by atoms with Crippen molar-refractivity contribution < 1.29 is 9.52 Å². The van der Waals surface area contributed by atoms with Crippen molar-refractivity contribution in [2.45, 2.75) is 45.6 Å². The molecule has 1 aliphatic rings. The van der Waals surface area contributed by atoms with E-state index in [9.17, 15) is 5.11 Å². The second-order valence-electron chi connectivity index (χ2n) is 6.28. The van der Waals surface area contributed by atoms with Gasteiger partial charge in [0.25, 0.3) is 0 Å². The summed E-state index contributed by atoms with van der Waals surface area (Å²) in [6.07, 6.45) is 1.26. The van der Waals surface area contributed by atoms with Gasteiger partial charge in [0.1, 0.15) is 17.6 Å². The molecule has 0 spiro atoms. The van der Waals surface area contributed by atoms with Gasteiger partial charge >= 0.3 is 0 Å². The maximum Gasteiger partial charge on any atom is 0.133 e. The van der Waals surface area contributed by atoms with E-state index in [1.54, 1.807) is 0 Å². The topological polar surface area (TPSA) is 33.4 Å². The van der Waals surface area contributed by atoms with Crippen LogP contribution in [-0.4, -0.2) is 5.11 Å². The lowest BCUT2D eigenvalue weighted by Crippen LogP contribution is -2.01. The first-order valence-electron chi connectivity index (χ1n) is 7.38. The molecule has 2 nitrogen and oxygen atoms in total. The Balaban J connectivity index is 1.72. The van der Waals surface area contributed by atoms with Crippen molar-refractivity contribution >= 4 is 0 Å². The lowest BCUT2D eigenvalue weighted by Gasteiger charge is -2.10. The van der Waals surface area contributed by atoms with E-state index in [0.717, 1.165) is 17.2 Å². The van der Waals surface area contributed by atoms with Crippen molar-refractivity contribution in [1.82, 2.24) is 0 Å². The van der Waals surface area contributed by atoms with Crippen LogP contribution < -0.4 is 0 Å². The molecule has 3 unspecified atom stereocenters. The van der Waals surface area contributed by atoms with E-state index >= 15 is 0 Å². The van der Waals surface area contributed by atoms with Gasteiger partial charge < -0.3 is 9.52 Å². The first-order chi connectivity index (χ1) is 9.52. The number of hydrogen-bond donors (Lipinski definition) is 1. The summed E-state index contributed by atoms with van der Waals surface area (Å²) in [4.78, 5) is 0. The number of aliphatic hydroxyl groups is 1. The largest absolute Gasteiger partial charge is 0.463 e. The van der Waals surface area contributed by atoms with E-state index in [2.05, 4.69) is 39.0 Å². The molecule has 1 saturated carbocycles. The van der Waals surface area contributed by atoms with Crippen molar-refractivity contribution in [2.24, 2.45) is 5.92 Å². The van der Waals surface area contributed by atoms with Crippen LogP contribution >= 0.6 is 0 Å². The monoisotopic (exact) mass is 270 g/mol. The molecule has 1 aliphatic carbocycles. The molecule has 2 heteroatoms.